The number of ether oxygens (including phenoxy) is 2. The van der Waals surface area contributed by atoms with Crippen molar-refractivity contribution in [1.82, 2.24) is 5.01 Å². The van der Waals surface area contributed by atoms with E-state index in [0.29, 0.717) is 18.6 Å². The number of cyclic esters (lactones) is 1. The van der Waals surface area contributed by atoms with Gasteiger partial charge in [-0.1, -0.05) is 63.2 Å². The number of methoxy groups -OCH3 is 1. The van der Waals surface area contributed by atoms with Crippen LogP contribution in [0, 0.1) is 5.41 Å². The second-order valence-electron chi connectivity index (χ2n) is 8.03. The van der Waals surface area contributed by atoms with E-state index >= 15 is 0 Å². The maximum atomic E-state index is 12.4. The van der Waals surface area contributed by atoms with Gasteiger partial charge in [-0.3, -0.25) is 0 Å². The number of carbonyl (C=O) groups is 2. The molecule has 1 saturated heterocycles. The van der Waals surface area contributed by atoms with Crippen LogP contribution >= 0.6 is 0 Å². The molecule has 0 aromatic heterocycles. The van der Waals surface area contributed by atoms with Crippen molar-refractivity contribution in [1.29, 1.82) is 0 Å². The molecule has 0 saturated carbocycles. The fourth-order valence-electron chi connectivity index (χ4n) is 3.24. The van der Waals surface area contributed by atoms with Crippen molar-refractivity contribution in [2.45, 2.75) is 33.2 Å². The number of esters is 1. The number of carbonyl (C=O) groups excluding carboxylic acids is 2. The minimum absolute atomic E-state index is 0.170. The van der Waals surface area contributed by atoms with Gasteiger partial charge in [-0.05, 0) is 29.7 Å². The topological polar surface area (TPSA) is 68.2 Å². The lowest BCUT2D eigenvalue weighted by molar-refractivity contribution is 0.0600. The van der Waals surface area contributed by atoms with Crippen LogP contribution in [0.25, 0.3) is 0 Å². The second kappa shape index (κ2) is 8.47. The number of hydrogen-bond donors (Lipinski definition) is 0. The zero-order chi connectivity index (χ0) is 21.0. The van der Waals surface area contributed by atoms with Crippen LogP contribution in [-0.4, -0.2) is 42.5 Å². The van der Waals surface area contributed by atoms with Crippen molar-refractivity contribution in [3.63, 3.8) is 0 Å². The molecule has 2 aromatic carbocycles. The molecule has 1 atom stereocenters. The van der Waals surface area contributed by atoms with E-state index in [-0.39, 0.29) is 11.5 Å². The minimum atomic E-state index is -0.445. The Morgan fingerprint density at radius 3 is 2.31 bits per heavy atom. The van der Waals surface area contributed by atoms with Gasteiger partial charge in [0.1, 0.15) is 6.61 Å². The summed E-state index contributed by atoms with van der Waals surface area (Å²) in [5.74, 6) is -0.392. The van der Waals surface area contributed by atoms with E-state index in [4.69, 9.17) is 14.6 Å². The summed E-state index contributed by atoms with van der Waals surface area (Å²) in [6, 6.07) is 16.9. The van der Waals surface area contributed by atoms with Crippen molar-refractivity contribution in [2.24, 2.45) is 10.5 Å². The predicted octanol–water partition coefficient (Wildman–Crippen LogP) is 4.29. The summed E-state index contributed by atoms with van der Waals surface area (Å²) in [6.45, 7) is 6.41. The third-order valence-corrected chi connectivity index (χ3v) is 4.74. The second-order valence-corrected chi connectivity index (χ2v) is 8.03. The lowest BCUT2D eigenvalue weighted by atomic mass is 9.85. The van der Waals surface area contributed by atoms with Crippen molar-refractivity contribution in [2.75, 3.05) is 13.7 Å². The summed E-state index contributed by atoms with van der Waals surface area (Å²) in [6.07, 6.45) is 0.216. The maximum absolute atomic E-state index is 12.4. The smallest absolute Gasteiger partial charge is 0.430 e. The SMILES string of the molecule is COC(=O)c1ccc(/C(=N/N2C(=O)OC[C@H]2Cc2ccccc2)C(C)(C)C)cc1. The van der Waals surface area contributed by atoms with Gasteiger partial charge in [-0.15, -0.1) is 0 Å². The number of rotatable bonds is 5. The Kier molecular flexibility index (Phi) is 6.01. The molecule has 0 spiro atoms. The number of hydrazone groups is 1. The van der Waals surface area contributed by atoms with Crippen molar-refractivity contribution < 1.29 is 19.1 Å². The van der Waals surface area contributed by atoms with E-state index in [9.17, 15) is 9.59 Å². The average Bonchev–Trinajstić information content (AvgIpc) is 3.04. The van der Waals surface area contributed by atoms with Crippen LogP contribution in [0.4, 0.5) is 4.79 Å². The number of amides is 1. The quantitative estimate of drug-likeness (QED) is 0.560. The van der Waals surface area contributed by atoms with Crippen LogP contribution in [0.5, 0.6) is 0 Å². The minimum Gasteiger partial charge on any atom is -0.465 e. The lowest BCUT2D eigenvalue weighted by Gasteiger charge is -2.25. The van der Waals surface area contributed by atoms with Crippen LogP contribution in [0.3, 0.4) is 0 Å². The molecular weight excluding hydrogens is 368 g/mol. The largest absolute Gasteiger partial charge is 0.465 e. The predicted molar refractivity (Wildman–Crippen MR) is 111 cm³/mol. The highest BCUT2D eigenvalue weighted by Gasteiger charge is 2.35. The summed E-state index contributed by atoms with van der Waals surface area (Å²) in [4.78, 5) is 24.1. The summed E-state index contributed by atoms with van der Waals surface area (Å²) in [7, 11) is 1.35. The Morgan fingerprint density at radius 2 is 1.72 bits per heavy atom. The molecule has 1 aliphatic rings. The van der Waals surface area contributed by atoms with Crippen LogP contribution in [-0.2, 0) is 15.9 Å². The Hall–Kier alpha value is -3.15. The summed E-state index contributed by atoms with van der Waals surface area (Å²) >= 11 is 0. The first-order valence-corrected chi connectivity index (χ1v) is 9.57. The number of nitrogens with zero attached hydrogens (tertiary/aromatic N) is 2. The molecule has 0 bridgehead atoms. The van der Waals surface area contributed by atoms with Gasteiger partial charge < -0.3 is 9.47 Å². The van der Waals surface area contributed by atoms with Crippen LogP contribution < -0.4 is 0 Å². The molecule has 3 rings (SSSR count). The summed E-state index contributed by atoms with van der Waals surface area (Å²) in [5, 5.41) is 6.18. The molecule has 29 heavy (non-hydrogen) atoms. The van der Waals surface area contributed by atoms with Gasteiger partial charge in [0, 0.05) is 5.41 Å². The maximum Gasteiger partial charge on any atom is 0.430 e. The molecular formula is C23H26N2O4. The van der Waals surface area contributed by atoms with Crippen LogP contribution in [0.1, 0.15) is 42.3 Å². The molecule has 6 heteroatoms. The van der Waals surface area contributed by atoms with E-state index in [1.54, 1.807) is 12.1 Å². The first-order valence-electron chi connectivity index (χ1n) is 9.57. The van der Waals surface area contributed by atoms with E-state index in [0.717, 1.165) is 16.8 Å². The number of benzene rings is 2. The van der Waals surface area contributed by atoms with Crippen molar-refractivity contribution in [3.8, 4) is 0 Å². The Labute approximate surface area is 171 Å². The molecule has 1 aliphatic heterocycles. The first kappa shape index (κ1) is 20.6. The highest BCUT2D eigenvalue weighted by molar-refractivity contribution is 6.05. The molecule has 1 heterocycles. The molecule has 2 aromatic rings. The third kappa shape index (κ3) is 4.83. The van der Waals surface area contributed by atoms with E-state index in [1.165, 1.54) is 12.1 Å². The zero-order valence-corrected chi connectivity index (χ0v) is 17.2. The van der Waals surface area contributed by atoms with E-state index in [2.05, 4.69) is 0 Å². The summed E-state index contributed by atoms with van der Waals surface area (Å²) in [5.41, 5.74) is 2.84. The van der Waals surface area contributed by atoms with Crippen LogP contribution in [0.15, 0.2) is 59.7 Å². The zero-order valence-electron chi connectivity index (χ0n) is 17.2. The van der Waals surface area contributed by atoms with Crippen LogP contribution in [0.2, 0.25) is 0 Å². The van der Waals surface area contributed by atoms with Gasteiger partial charge in [0.2, 0.25) is 0 Å². The molecule has 0 radical (unpaired) electrons. The van der Waals surface area contributed by atoms with Gasteiger partial charge in [0.05, 0.1) is 24.4 Å². The highest BCUT2D eigenvalue weighted by atomic mass is 16.6. The fourth-order valence-corrected chi connectivity index (χ4v) is 3.24. The standard InChI is InChI=1S/C23H26N2O4/c1-23(2,3)20(17-10-12-18(13-11-17)21(26)28-4)24-25-19(15-29-22(25)27)14-16-8-6-5-7-9-16/h5-13,19H,14-15H2,1-4H3/b24-20-/t19-/m1/s1. The van der Waals surface area contributed by atoms with E-state index in [1.807, 2.05) is 63.2 Å². The monoisotopic (exact) mass is 394 g/mol. The van der Waals surface area contributed by atoms with Gasteiger partial charge in [-0.25, -0.2) is 9.59 Å². The van der Waals surface area contributed by atoms with Gasteiger partial charge >= 0.3 is 12.1 Å². The Bertz CT molecular complexity index is 899. The molecule has 1 amide bonds. The Morgan fingerprint density at radius 1 is 1.10 bits per heavy atom. The average molecular weight is 394 g/mol. The fraction of sp³-hybridized carbons (Fsp3) is 0.348. The molecule has 0 unspecified atom stereocenters. The van der Waals surface area contributed by atoms with Crippen molar-refractivity contribution >= 4 is 17.8 Å². The molecule has 0 aliphatic carbocycles. The molecule has 6 nitrogen and oxygen atoms in total. The van der Waals surface area contributed by atoms with Crippen molar-refractivity contribution in [3.05, 3.63) is 71.3 Å². The number of hydrogen-bond acceptors (Lipinski definition) is 5. The lowest BCUT2D eigenvalue weighted by Crippen LogP contribution is -2.34. The normalized spacial score (nSPS) is 17.2. The molecule has 0 N–H and O–H groups in total. The Balaban J connectivity index is 1.92. The third-order valence-electron chi connectivity index (χ3n) is 4.74. The van der Waals surface area contributed by atoms with Gasteiger partial charge in [-0.2, -0.15) is 10.1 Å². The van der Waals surface area contributed by atoms with Gasteiger partial charge in [0.15, 0.2) is 0 Å². The molecule has 1 fully saturated rings. The molecule has 152 valence electrons. The van der Waals surface area contributed by atoms with E-state index < -0.39 is 12.1 Å². The summed E-state index contributed by atoms with van der Waals surface area (Å²) < 4.78 is 10.0. The van der Waals surface area contributed by atoms with Gasteiger partial charge in [0.25, 0.3) is 0 Å². The highest BCUT2D eigenvalue weighted by Crippen LogP contribution is 2.26. The first-order chi connectivity index (χ1) is 13.8.